The van der Waals surface area contributed by atoms with E-state index in [9.17, 15) is 115 Å². The first kappa shape index (κ1) is 118. The molecule has 47 heteroatoms. The monoisotopic (exact) mass is 1910 g/mol. The average molecular weight is 1910 g/mol. The lowest BCUT2D eigenvalue weighted by Gasteiger charge is -2.36. The quantitative estimate of drug-likeness (QED) is 0.0289. The van der Waals surface area contributed by atoms with E-state index in [1.165, 1.54) is 157 Å². The Morgan fingerprint density at radius 3 is 1.12 bits per heavy atom. The van der Waals surface area contributed by atoms with E-state index >= 15 is 0 Å². The molecule has 0 spiro atoms. The maximum atomic E-state index is 14.5. The third-order valence-corrected chi connectivity index (χ3v) is 21.8. The first-order valence-corrected chi connectivity index (χ1v) is 44.3. The summed E-state index contributed by atoms with van der Waals surface area (Å²) in [6, 6.07) is -4.54. The number of benzene rings is 1. The summed E-state index contributed by atoms with van der Waals surface area (Å²) in [5, 5.41) is 57.8. The van der Waals surface area contributed by atoms with Crippen molar-refractivity contribution in [2.45, 2.75) is 348 Å². The number of amides is 23. The normalized spacial score (nSPS) is 15.2. The van der Waals surface area contributed by atoms with Gasteiger partial charge in [0.15, 0.2) is 0 Å². The average Bonchev–Trinajstić information content (AvgIpc) is 1.71. The van der Waals surface area contributed by atoms with E-state index in [-0.39, 0.29) is 32.2 Å². The Hall–Kier alpha value is -13.0. The maximum absolute atomic E-state index is 14.5. The molecule has 1 heterocycles. The first-order chi connectivity index (χ1) is 61.6. The zero-order chi connectivity index (χ0) is 104. The Morgan fingerprint density at radius 2 is 0.696 bits per heavy atom. The highest BCUT2D eigenvalue weighted by atomic mass is 16.3. The van der Waals surface area contributed by atoms with Crippen LogP contribution in [0.5, 0.6) is 0 Å². The van der Waals surface area contributed by atoms with Gasteiger partial charge >= 0.3 is 0 Å². The fraction of sp³-hybridized carbons (Fsp3) is 0.670. The van der Waals surface area contributed by atoms with Crippen LogP contribution in [0.25, 0.3) is 0 Å². The Morgan fingerprint density at radius 1 is 0.363 bits per heavy atom. The molecule has 135 heavy (non-hydrogen) atoms. The SMILES string of the molecule is CC(=O)NC(C)(C)C(=O)N[C@@H](C)C(=O)NC(C)(C)C(=O)N[C@@H](C)C(=O)NC(C)(C)C(=O)N[C@@H](C)C(=O)N[C@@H](CCC(N)=O)C(=O)NC(C)(C)C(=O)N[C@H](C(=O)NC(C)(C)C(=O)NCC(=O)NC(C)(C)C(=O)NC(C)(C)C(=O)N1CCC[C@H]1C(=O)N[C@H](C(=O)NC(C)(C)C(=O)NC(C)(C)C(=O)N[C@@H](CCC(N)=O)C(=O)N[C@@H](CCC(N)=O)C(=O)NC(CO)Cc1ccccc1)C(C)C)C(C)C. The summed E-state index contributed by atoms with van der Waals surface area (Å²) < 4.78 is 0. The van der Waals surface area contributed by atoms with Gasteiger partial charge in [0.05, 0.1) is 19.2 Å². The summed E-state index contributed by atoms with van der Waals surface area (Å²) >= 11 is 0. The van der Waals surface area contributed by atoms with Crippen LogP contribution in [0.15, 0.2) is 30.3 Å². The van der Waals surface area contributed by atoms with Crippen LogP contribution in [-0.2, 0) is 117 Å². The highest BCUT2D eigenvalue weighted by molar-refractivity contribution is 6.05. The van der Waals surface area contributed by atoms with Crippen molar-refractivity contribution in [3.63, 3.8) is 0 Å². The zero-order valence-corrected chi connectivity index (χ0v) is 82.3. The predicted octanol–water partition coefficient (Wildman–Crippen LogP) is -6.07. The Balaban J connectivity index is 2.13. The molecule has 1 fully saturated rings. The number of primary amides is 3. The molecule has 1 saturated heterocycles. The third-order valence-electron chi connectivity index (χ3n) is 21.8. The van der Waals surface area contributed by atoms with Gasteiger partial charge in [-0.05, 0) is 201 Å². The van der Waals surface area contributed by atoms with Gasteiger partial charge in [0, 0.05) is 32.7 Å². The van der Waals surface area contributed by atoms with Gasteiger partial charge in [0.1, 0.15) is 104 Å². The predicted molar refractivity (Wildman–Crippen MR) is 490 cm³/mol. The molecule has 1 aromatic rings. The van der Waals surface area contributed by atoms with Gasteiger partial charge in [0.25, 0.3) is 0 Å². The summed E-state index contributed by atoms with van der Waals surface area (Å²) in [7, 11) is 0. The van der Waals surface area contributed by atoms with Crippen LogP contribution in [0.2, 0.25) is 0 Å². The van der Waals surface area contributed by atoms with Crippen LogP contribution < -0.4 is 118 Å². The largest absolute Gasteiger partial charge is 0.394 e. The molecule has 2 rings (SSSR count). The number of hydrogen-bond acceptors (Lipinski definition) is 24. The van der Waals surface area contributed by atoms with Crippen molar-refractivity contribution in [3.8, 4) is 0 Å². The number of aliphatic hydroxyl groups excluding tert-OH is 1. The molecule has 0 radical (unpaired) electrons. The van der Waals surface area contributed by atoms with Crippen LogP contribution in [0.3, 0.4) is 0 Å². The second kappa shape index (κ2) is 49.3. The number of rotatable bonds is 52. The molecule has 0 bridgehead atoms. The van der Waals surface area contributed by atoms with Crippen molar-refractivity contribution in [2.75, 3.05) is 19.7 Å². The van der Waals surface area contributed by atoms with Crippen molar-refractivity contribution < 1.29 is 115 Å². The molecular weight excluding hydrogens is 1760 g/mol. The lowest BCUT2D eigenvalue weighted by Crippen LogP contribution is -2.66. The molecule has 0 saturated carbocycles. The summed E-state index contributed by atoms with van der Waals surface area (Å²) in [6.45, 7) is 33.7. The second-order valence-corrected chi connectivity index (χ2v) is 39.3. The van der Waals surface area contributed by atoms with Gasteiger partial charge in [-0.1, -0.05) is 58.0 Å². The van der Waals surface area contributed by atoms with Crippen molar-refractivity contribution >= 4 is 136 Å². The number of aliphatic hydroxyl groups is 1. The van der Waals surface area contributed by atoms with Crippen molar-refractivity contribution in [1.82, 2.24) is 106 Å². The summed E-state index contributed by atoms with van der Waals surface area (Å²) in [5.41, 5.74) is 1.07. The Kier molecular flexibility index (Phi) is 43.1. The first-order valence-electron chi connectivity index (χ1n) is 44.3. The molecule has 756 valence electrons. The van der Waals surface area contributed by atoms with Crippen LogP contribution in [0, 0.1) is 11.8 Å². The van der Waals surface area contributed by atoms with E-state index in [4.69, 9.17) is 17.2 Å². The minimum absolute atomic E-state index is 0.0220. The van der Waals surface area contributed by atoms with Gasteiger partial charge in [0.2, 0.25) is 136 Å². The van der Waals surface area contributed by atoms with E-state index in [0.29, 0.717) is 6.42 Å². The molecule has 0 aliphatic carbocycles. The number of likely N-dealkylation sites (tertiary alicyclic amines) is 1. The molecule has 1 unspecified atom stereocenters. The van der Waals surface area contributed by atoms with Crippen molar-refractivity contribution in [2.24, 2.45) is 29.0 Å². The lowest BCUT2D eigenvalue weighted by atomic mass is 9.96. The molecule has 1 aliphatic heterocycles. The van der Waals surface area contributed by atoms with Crippen LogP contribution >= 0.6 is 0 Å². The third kappa shape index (κ3) is 37.4. The highest BCUT2D eigenvalue weighted by Gasteiger charge is 2.48. The number of nitrogens with one attached hydrogen (secondary N) is 19. The molecule has 26 N–H and O–H groups in total. The smallest absolute Gasteiger partial charge is 0.248 e. The summed E-state index contributed by atoms with van der Waals surface area (Å²) in [5.74, 6) is -21.3. The van der Waals surface area contributed by atoms with E-state index in [2.05, 4.69) is 101 Å². The minimum Gasteiger partial charge on any atom is -0.394 e. The standard InChI is InChI=1S/C88H145N23O24/c1-44(2)60(69(125)108-87(23,24)78(134)109-85(19,20)75(131)99-53(35-38-57(90)115)66(122)98-52(34-37-56(89)114)65(121)96-51(43-112)41-50-31-28-27-29-32-50)100-68(124)55-33-30-40-111(55)79(135)88(25,26)110-77(133)86(21,22)103-59(117)42-92-71(127)80(9,10)107-70(126)61(45(3)4)101-76(132)84(17,18)106-67(123)54(36-39-58(91)116)97-62(118)46(5)93-73(129)82(13,14)104-64(120)48(7)95-74(130)83(15,16)105-63(119)47(6)94-72(128)81(11,12)102-49(8)113/h27-29,31-32,44-48,51-55,60-61,112H,30,33-43H2,1-26H3,(H2,89,114)(H2,90,115)(H2,91,116)(H,92,127)(H,93,129)(H,94,128)(H,95,130)(H,96,121)(H,97,118)(H,98,122)(H,99,131)(H,100,124)(H,101,132)(H,102,113)(H,103,117)(H,104,120)(H,105,119)(H,106,123)(H,107,126)(H,108,125)(H,109,134)(H,110,133)/t46-,47-,48-,51?,52-,53-,54-,55-,60-,61-/m0/s1. The van der Waals surface area contributed by atoms with Gasteiger partial charge in [-0.2, -0.15) is 0 Å². The van der Waals surface area contributed by atoms with Gasteiger partial charge in [-0.3, -0.25) is 110 Å². The van der Waals surface area contributed by atoms with Crippen LogP contribution in [0.1, 0.15) is 237 Å². The second-order valence-electron chi connectivity index (χ2n) is 39.3. The summed E-state index contributed by atoms with van der Waals surface area (Å²) in [4.78, 5) is 311. The number of nitrogens with two attached hydrogens (primary N) is 3. The van der Waals surface area contributed by atoms with Crippen LogP contribution in [-0.4, -0.2) is 276 Å². The molecule has 23 amide bonds. The number of carbonyl (C=O) groups is 23. The number of nitrogens with zero attached hydrogens (tertiary/aromatic N) is 1. The van der Waals surface area contributed by atoms with Crippen LogP contribution in [0.4, 0.5) is 0 Å². The zero-order valence-electron chi connectivity index (χ0n) is 82.3. The highest BCUT2D eigenvalue weighted by Crippen LogP contribution is 2.25. The van der Waals surface area contributed by atoms with E-state index in [1.54, 1.807) is 58.0 Å². The van der Waals surface area contributed by atoms with Crippen molar-refractivity contribution in [1.29, 1.82) is 0 Å². The Labute approximate surface area is 786 Å². The van der Waals surface area contributed by atoms with E-state index in [1.807, 2.05) is 0 Å². The van der Waals surface area contributed by atoms with Gasteiger partial charge < -0.3 is 128 Å². The van der Waals surface area contributed by atoms with Crippen molar-refractivity contribution in [3.05, 3.63) is 35.9 Å². The van der Waals surface area contributed by atoms with E-state index in [0.717, 1.165) is 5.56 Å². The Bertz CT molecular complexity index is 4580. The van der Waals surface area contributed by atoms with Gasteiger partial charge in [-0.25, -0.2) is 0 Å². The summed E-state index contributed by atoms with van der Waals surface area (Å²) in [6.07, 6.45) is -1.81. The van der Waals surface area contributed by atoms with Gasteiger partial charge in [-0.15, -0.1) is 0 Å². The lowest BCUT2D eigenvalue weighted by molar-refractivity contribution is -0.146. The molecule has 1 aromatic carbocycles. The molecular formula is C88H145N23O24. The number of hydrogen-bond donors (Lipinski definition) is 23. The molecule has 0 aromatic heterocycles. The fourth-order valence-electron chi connectivity index (χ4n) is 13.1. The maximum Gasteiger partial charge on any atom is 0.248 e. The molecule has 47 nitrogen and oxygen atoms in total. The fourth-order valence-corrected chi connectivity index (χ4v) is 13.1. The topological polar surface area (TPSA) is 723 Å². The number of carbonyl (C=O) groups excluding carboxylic acids is 23. The molecule has 1 aliphatic rings. The minimum atomic E-state index is -1.91. The van der Waals surface area contributed by atoms with E-state index < -0.39 is 297 Å². The molecule has 10 atom stereocenters.